The van der Waals surface area contributed by atoms with E-state index in [1.807, 2.05) is 0 Å². The second kappa shape index (κ2) is 7.01. The zero-order valence-electron chi connectivity index (χ0n) is 14.3. The van der Waals surface area contributed by atoms with Crippen LogP contribution >= 0.6 is 0 Å². The predicted octanol–water partition coefficient (Wildman–Crippen LogP) is 1.28. The smallest absolute Gasteiger partial charge is 0.222 e. The summed E-state index contributed by atoms with van der Waals surface area (Å²) in [6.07, 6.45) is 3.33. The summed E-state index contributed by atoms with van der Waals surface area (Å²) in [6, 6.07) is 5.00. The number of rotatable bonds is 6. The van der Waals surface area contributed by atoms with E-state index in [2.05, 4.69) is 10.4 Å². The van der Waals surface area contributed by atoms with Crippen molar-refractivity contribution in [2.45, 2.75) is 44.6 Å². The van der Waals surface area contributed by atoms with E-state index in [0.29, 0.717) is 12.3 Å². The summed E-state index contributed by atoms with van der Waals surface area (Å²) in [4.78, 5) is 12.3. The lowest BCUT2D eigenvalue weighted by Gasteiger charge is -2.33. The lowest BCUT2D eigenvalue weighted by atomic mass is 10.1. The minimum absolute atomic E-state index is 0.152. The monoisotopic (exact) mass is 366 g/mol. The van der Waals surface area contributed by atoms with Gasteiger partial charge in [0.1, 0.15) is 5.76 Å². The molecule has 1 unspecified atom stereocenters. The van der Waals surface area contributed by atoms with Crippen molar-refractivity contribution in [3.63, 3.8) is 0 Å². The number of furan rings is 1. The average molecular weight is 366 g/mol. The summed E-state index contributed by atoms with van der Waals surface area (Å²) < 4.78 is 33.4. The number of aromatic nitrogens is 2. The number of fused-ring (bicyclic) bond motifs is 1. The standard InChI is InChI=1S/C16H22N4O4S/c1-12(2)25(22,23)19-10-13-5-6-18-20(13)14(11-19)8-16(21)17-9-15-4-3-7-24-15/h3-7,12,14H,8-11H2,1-2H3,(H,17,21). The van der Waals surface area contributed by atoms with Crippen molar-refractivity contribution in [1.82, 2.24) is 19.4 Å². The van der Waals surface area contributed by atoms with Gasteiger partial charge in [0, 0.05) is 12.7 Å². The number of carbonyl (C=O) groups excluding carboxylic acids is 1. The normalized spacial score (nSPS) is 18.3. The molecule has 136 valence electrons. The van der Waals surface area contributed by atoms with Gasteiger partial charge in [0.15, 0.2) is 0 Å². The highest BCUT2D eigenvalue weighted by atomic mass is 32.2. The highest BCUT2D eigenvalue weighted by molar-refractivity contribution is 7.89. The third-order valence-electron chi connectivity index (χ3n) is 4.27. The van der Waals surface area contributed by atoms with Gasteiger partial charge in [-0.05, 0) is 32.0 Å². The fraction of sp³-hybridized carbons (Fsp3) is 0.500. The van der Waals surface area contributed by atoms with Gasteiger partial charge in [0.05, 0.1) is 42.8 Å². The SMILES string of the molecule is CC(C)S(=O)(=O)N1Cc2ccnn2C(CC(=O)NCc2ccco2)C1. The molecule has 1 amide bonds. The van der Waals surface area contributed by atoms with Crippen LogP contribution in [0.3, 0.4) is 0 Å². The van der Waals surface area contributed by atoms with E-state index < -0.39 is 15.3 Å². The lowest BCUT2D eigenvalue weighted by Crippen LogP contribution is -2.45. The van der Waals surface area contributed by atoms with Gasteiger partial charge in [-0.25, -0.2) is 8.42 Å². The highest BCUT2D eigenvalue weighted by Gasteiger charge is 2.35. The maximum Gasteiger partial charge on any atom is 0.222 e. The summed E-state index contributed by atoms with van der Waals surface area (Å²) in [5, 5.41) is 6.54. The topological polar surface area (TPSA) is 97.4 Å². The first-order chi connectivity index (χ1) is 11.9. The number of nitrogens with one attached hydrogen (secondary N) is 1. The molecule has 9 heteroatoms. The molecule has 3 rings (SSSR count). The molecule has 0 aromatic carbocycles. The molecule has 0 fully saturated rings. The van der Waals surface area contributed by atoms with Crippen molar-refractivity contribution in [3.05, 3.63) is 42.1 Å². The van der Waals surface area contributed by atoms with Crippen molar-refractivity contribution in [3.8, 4) is 0 Å². The van der Waals surface area contributed by atoms with Crippen LogP contribution in [0, 0.1) is 0 Å². The van der Waals surface area contributed by atoms with Gasteiger partial charge in [-0.15, -0.1) is 0 Å². The third kappa shape index (κ3) is 3.77. The summed E-state index contributed by atoms with van der Waals surface area (Å²) in [5.74, 6) is 0.493. The molecule has 1 aliphatic heterocycles. The number of hydrogen-bond donors (Lipinski definition) is 1. The van der Waals surface area contributed by atoms with Crippen LogP contribution in [0.2, 0.25) is 0 Å². The van der Waals surface area contributed by atoms with Crippen LogP contribution in [-0.4, -0.2) is 40.2 Å². The average Bonchev–Trinajstić information content (AvgIpc) is 3.24. The molecule has 25 heavy (non-hydrogen) atoms. The third-order valence-corrected chi connectivity index (χ3v) is 6.46. The van der Waals surface area contributed by atoms with Crippen molar-refractivity contribution >= 4 is 15.9 Å². The molecule has 0 bridgehead atoms. The molecule has 0 saturated heterocycles. The van der Waals surface area contributed by atoms with Gasteiger partial charge in [0.2, 0.25) is 15.9 Å². The van der Waals surface area contributed by atoms with Crippen molar-refractivity contribution in [2.24, 2.45) is 0 Å². The minimum atomic E-state index is -3.39. The zero-order valence-corrected chi connectivity index (χ0v) is 15.1. The van der Waals surface area contributed by atoms with Gasteiger partial charge in [-0.3, -0.25) is 9.48 Å². The largest absolute Gasteiger partial charge is 0.467 e. The maximum atomic E-state index is 12.5. The van der Waals surface area contributed by atoms with Gasteiger partial charge in [-0.2, -0.15) is 9.40 Å². The van der Waals surface area contributed by atoms with Crippen LogP contribution in [0.5, 0.6) is 0 Å². The Kier molecular flexibility index (Phi) is 4.96. The second-order valence-electron chi connectivity index (χ2n) is 6.37. The summed E-state index contributed by atoms with van der Waals surface area (Å²) in [6.45, 7) is 4.14. The molecule has 3 heterocycles. The van der Waals surface area contributed by atoms with Gasteiger partial charge < -0.3 is 9.73 Å². The van der Waals surface area contributed by atoms with E-state index in [1.165, 1.54) is 4.31 Å². The van der Waals surface area contributed by atoms with Crippen LogP contribution in [0.1, 0.15) is 37.8 Å². The zero-order chi connectivity index (χ0) is 18.0. The summed E-state index contributed by atoms with van der Waals surface area (Å²) in [7, 11) is -3.39. The molecule has 2 aromatic rings. The molecule has 8 nitrogen and oxygen atoms in total. The number of hydrogen-bond acceptors (Lipinski definition) is 5. The predicted molar refractivity (Wildman–Crippen MR) is 90.9 cm³/mol. The number of carbonyl (C=O) groups is 1. The molecule has 0 radical (unpaired) electrons. The van der Waals surface area contributed by atoms with E-state index in [4.69, 9.17) is 4.42 Å². The van der Waals surface area contributed by atoms with Crippen molar-refractivity contribution < 1.29 is 17.6 Å². The Labute approximate surface area is 146 Å². The van der Waals surface area contributed by atoms with E-state index in [9.17, 15) is 13.2 Å². The van der Waals surface area contributed by atoms with Crippen LogP contribution in [0.15, 0.2) is 35.1 Å². The Bertz CT molecular complexity index is 826. The fourth-order valence-electron chi connectivity index (χ4n) is 2.88. The Hall–Kier alpha value is -2.13. The number of sulfonamides is 1. The molecule has 1 N–H and O–H groups in total. The first-order valence-corrected chi connectivity index (χ1v) is 9.68. The number of nitrogens with zero attached hydrogens (tertiary/aromatic N) is 3. The summed E-state index contributed by atoms with van der Waals surface area (Å²) >= 11 is 0. The second-order valence-corrected chi connectivity index (χ2v) is 8.86. The maximum absolute atomic E-state index is 12.5. The molecule has 0 aliphatic carbocycles. The first kappa shape index (κ1) is 17.7. The molecule has 1 atom stereocenters. The Morgan fingerprint density at radius 3 is 2.92 bits per heavy atom. The molecule has 2 aromatic heterocycles. The van der Waals surface area contributed by atoms with Crippen LogP contribution in [0.25, 0.3) is 0 Å². The van der Waals surface area contributed by atoms with E-state index in [-0.39, 0.29) is 31.5 Å². The fourth-order valence-corrected chi connectivity index (χ4v) is 4.17. The Morgan fingerprint density at radius 2 is 2.24 bits per heavy atom. The minimum Gasteiger partial charge on any atom is -0.467 e. The van der Waals surface area contributed by atoms with Crippen LogP contribution in [-0.2, 0) is 27.9 Å². The van der Waals surface area contributed by atoms with Crippen molar-refractivity contribution in [2.75, 3.05) is 6.54 Å². The van der Waals surface area contributed by atoms with Crippen molar-refractivity contribution in [1.29, 1.82) is 0 Å². The highest BCUT2D eigenvalue weighted by Crippen LogP contribution is 2.26. The summed E-state index contributed by atoms with van der Waals surface area (Å²) in [5.41, 5.74) is 0.791. The van der Waals surface area contributed by atoms with Crippen LogP contribution < -0.4 is 5.32 Å². The Balaban J connectivity index is 1.70. The molecule has 0 saturated carbocycles. The molecule has 1 aliphatic rings. The van der Waals surface area contributed by atoms with Crippen LogP contribution in [0.4, 0.5) is 0 Å². The van der Waals surface area contributed by atoms with E-state index in [0.717, 1.165) is 5.69 Å². The lowest BCUT2D eigenvalue weighted by molar-refractivity contribution is -0.122. The van der Waals surface area contributed by atoms with E-state index in [1.54, 1.807) is 49.2 Å². The van der Waals surface area contributed by atoms with Gasteiger partial charge >= 0.3 is 0 Å². The van der Waals surface area contributed by atoms with E-state index >= 15 is 0 Å². The molecular weight excluding hydrogens is 344 g/mol. The van der Waals surface area contributed by atoms with Gasteiger partial charge in [-0.1, -0.05) is 0 Å². The molecule has 0 spiro atoms. The first-order valence-electron chi connectivity index (χ1n) is 8.18. The Morgan fingerprint density at radius 1 is 1.44 bits per heavy atom. The number of amides is 1. The quantitative estimate of drug-likeness (QED) is 0.830. The van der Waals surface area contributed by atoms with Gasteiger partial charge in [0.25, 0.3) is 0 Å². The molecular formula is C16H22N4O4S.